The van der Waals surface area contributed by atoms with E-state index in [0.29, 0.717) is 6.54 Å². The van der Waals surface area contributed by atoms with E-state index in [-0.39, 0.29) is 36.8 Å². The maximum atomic E-state index is 13.3. The summed E-state index contributed by atoms with van der Waals surface area (Å²) in [6.45, 7) is 2.14. The van der Waals surface area contributed by atoms with E-state index in [1.165, 1.54) is 6.07 Å². The summed E-state index contributed by atoms with van der Waals surface area (Å²) in [5, 5.41) is 3.02. The SMILES string of the molecule is Cl.Cl.NC(C(=O)NC1CCN(Cc2ccc(F)c(F)c2)CC1)c1ccccc1. The molecule has 28 heavy (non-hydrogen) atoms. The van der Waals surface area contributed by atoms with Crippen molar-refractivity contribution < 1.29 is 13.6 Å². The van der Waals surface area contributed by atoms with E-state index in [0.717, 1.165) is 43.1 Å². The largest absolute Gasteiger partial charge is 0.352 e. The van der Waals surface area contributed by atoms with E-state index in [2.05, 4.69) is 10.2 Å². The standard InChI is InChI=1S/C20H23F2N3O.2ClH/c21-17-7-6-14(12-18(17)22)13-25-10-8-16(9-11-25)24-20(26)19(23)15-4-2-1-3-5-15;;/h1-7,12,16,19H,8-11,13,23H2,(H,24,26);2*1H. The molecule has 1 unspecified atom stereocenters. The third-order valence-corrected chi connectivity index (χ3v) is 4.77. The zero-order valence-electron chi connectivity index (χ0n) is 15.3. The minimum absolute atomic E-state index is 0. The second-order valence-electron chi connectivity index (χ2n) is 6.70. The van der Waals surface area contributed by atoms with E-state index in [9.17, 15) is 13.6 Å². The van der Waals surface area contributed by atoms with Gasteiger partial charge in [-0.25, -0.2) is 8.78 Å². The van der Waals surface area contributed by atoms with Crippen molar-refractivity contribution in [2.24, 2.45) is 5.73 Å². The monoisotopic (exact) mass is 431 g/mol. The van der Waals surface area contributed by atoms with Crippen molar-refractivity contribution in [3.8, 4) is 0 Å². The third kappa shape index (κ3) is 6.41. The van der Waals surface area contributed by atoms with Gasteiger partial charge >= 0.3 is 0 Å². The lowest BCUT2D eigenvalue weighted by Crippen LogP contribution is -2.46. The number of amides is 1. The highest BCUT2D eigenvalue weighted by Crippen LogP contribution is 2.17. The molecule has 0 bridgehead atoms. The Labute approximate surface area is 176 Å². The van der Waals surface area contributed by atoms with Crippen LogP contribution in [0.5, 0.6) is 0 Å². The molecule has 1 atom stereocenters. The number of nitrogens with two attached hydrogens (primary N) is 1. The fourth-order valence-electron chi connectivity index (χ4n) is 3.23. The number of nitrogens with one attached hydrogen (secondary N) is 1. The maximum absolute atomic E-state index is 13.3. The number of halogens is 4. The molecule has 2 aromatic carbocycles. The Morgan fingerprint density at radius 3 is 2.32 bits per heavy atom. The Morgan fingerprint density at radius 2 is 1.71 bits per heavy atom. The Kier molecular flexibility index (Phi) is 9.82. The van der Waals surface area contributed by atoms with Gasteiger partial charge in [0.05, 0.1) is 0 Å². The Hall–Kier alpha value is -1.73. The summed E-state index contributed by atoms with van der Waals surface area (Å²) in [6.07, 6.45) is 1.61. The fraction of sp³-hybridized carbons (Fsp3) is 0.350. The predicted molar refractivity (Wildman–Crippen MR) is 111 cm³/mol. The topological polar surface area (TPSA) is 58.4 Å². The third-order valence-electron chi connectivity index (χ3n) is 4.77. The minimum atomic E-state index is -0.829. The molecule has 1 heterocycles. The summed E-state index contributed by atoms with van der Waals surface area (Å²) in [5.41, 5.74) is 7.56. The van der Waals surface area contributed by atoms with Crippen LogP contribution in [0.4, 0.5) is 8.78 Å². The smallest absolute Gasteiger partial charge is 0.241 e. The van der Waals surface area contributed by atoms with Gasteiger partial charge in [-0.15, -0.1) is 24.8 Å². The normalized spacial score (nSPS) is 15.8. The van der Waals surface area contributed by atoms with Crippen molar-refractivity contribution in [3.05, 3.63) is 71.3 Å². The first-order valence-corrected chi connectivity index (χ1v) is 8.80. The number of benzene rings is 2. The summed E-state index contributed by atoms with van der Waals surface area (Å²) in [5.74, 6) is -1.82. The van der Waals surface area contributed by atoms with Crippen LogP contribution in [0, 0.1) is 11.6 Å². The molecule has 1 saturated heterocycles. The number of carbonyl (C=O) groups excluding carboxylic acids is 1. The average Bonchev–Trinajstić information content (AvgIpc) is 2.66. The second-order valence-corrected chi connectivity index (χ2v) is 6.70. The highest BCUT2D eigenvalue weighted by Gasteiger charge is 2.23. The number of hydrogen-bond acceptors (Lipinski definition) is 3. The summed E-state index contributed by atoms with van der Waals surface area (Å²) in [4.78, 5) is 14.5. The minimum Gasteiger partial charge on any atom is -0.352 e. The highest BCUT2D eigenvalue weighted by atomic mass is 35.5. The molecule has 0 aromatic heterocycles. The van der Waals surface area contributed by atoms with Crippen molar-refractivity contribution in [3.63, 3.8) is 0 Å². The van der Waals surface area contributed by atoms with Gasteiger partial charge < -0.3 is 11.1 Å². The van der Waals surface area contributed by atoms with E-state index < -0.39 is 17.7 Å². The van der Waals surface area contributed by atoms with E-state index in [1.54, 1.807) is 6.07 Å². The van der Waals surface area contributed by atoms with Crippen molar-refractivity contribution >= 4 is 30.7 Å². The van der Waals surface area contributed by atoms with Gasteiger partial charge in [0.25, 0.3) is 0 Å². The van der Waals surface area contributed by atoms with E-state index in [4.69, 9.17) is 5.73 Å². The van der Waals surface area contributed by atoms with Gasteiger partial charge in [-0.3, -0.25) is 9.69 Å². The predicted octanol–water partition coefficient (Wildman–Crippen LogP) is 3.59. The molecule has 1 aliphatic heterocycles. The first-order chi connectivity index (χ1) is 12.5. The maximum Gasteiger partial charge on any atom is 0.241 e. The quantitative estimate of drug-likeness (QED) is 0.760. The summed E-state index contributed by atoms with van der Waals surface area (Å²) in [6, 6.07) is 12.7. The van der Waals surface area contributed by atoms with Gasteiger partial charge in [0.15, 0.2) is 11.6 Å². The van der Waals surface area contributed by atoms with Crippen LogP contribution < -0.4 is 11.1 Å². The number of nitrogens with zero attached hydrogens (tertiary/aromatic N) is 1. The van der Waals surface area contributed by atoms with Gasteiger partial charge in [0.2, 0.25) is 5.91 Å². The highest BCUT2D eigenvalue weighted by molar-refractivity contribution is 5.85. The van der Waals surface area contributed by atoms with Crippen LogP contribution in [0.15, 0.2) is 48.5 Å². The number of rotatable bonds is 5. The lowest BCUT2D eigenvalue weighted by atomic mass is 10.0. The Balaban J connectivity index is 0.00000196. The summed E-state index contributed by atoms with van der Waals surface area (Å²) < 4.78 is 26.3. The molecule has 3 N–H and O–H groups in total. The van der Waals surface area contributed by atoms with Crippen LogP contribution in [0.1, 0.15) is 30.0 Å². The number of likely N-dealkylation sites (tertiary alicyclic amines) is 1. The van der Waals surface area contributed by atoms with Crippen LogP contribution in [0.25, 0.3) is 0 Å². The van der Waals surface area contributed by atoms with E-state index >= 15 is 0 Å². The molecule has 0 spiro atoms. The van der Waals surface area contributed by atoms with Gasteiger partial charge in [-0.1, -0.05) is 36.4 Å². The van der Waals surface area contributed by atoms with Crippen LogP contribution in [-0.4, -0.2) is 29.9 Å². The van der Waals surface area contributed by atoms with Crippen LogP contribution >= 0.6 is 24.8 Å². The van der Waals surface area contributed by atoms with Gasteiger partial charge in [-0.05, 0) is 36.1 Å². The summed E-state index contributed by atoms with van der Waals surface area (Å²) >= 11 is 0. The number of hydrogen-bond donors (Lipinski definition) is 2. The number of piperidine rings is 1. The first-order valence-electron chi connectivity index (χ1n) is 8.80. The molecule has 8 heteroatoms. The van der Waals surface area contributed by atoms with Crippen LogP contribution in [-0.2, 0) is 11.3 Å². The zero-order chi connectivity index (χ0) is 18.5. The van der Waals surface area contributed by atoms with Crippen molar-refractivity contribution in [1.82, 2.24) is 10.2 Å². The first kappa shape index (κ1) is 24.3. The van der Waals surface area contributed by atoms with Crippen molar-refractivity contribution in [1.29, 1.82) is 0 Å². The molecule has 3 rings (SSSR count). The molecular weight excluding hydrogens is 407 g/mol. The molecule has 0 radical (unpaired) electrons. The molecule has 4 nitrogen and oxygen atoms in total. The molecular formula is C20H25Cl2F2N3O. The van der Waals surface area contributed by atoms with Crippen molar-refractivity contribution in [2.45, 2.75) is 31.5 Å². The molecule has 2 aromatic rings. The average molecular weight is 432 g/mol. The fourth-order valence-corrected chi connectivity index (χ4v) is 3.23. The van der Waals surface area contributed by atoms with Crippen molar-refractivity contribution in [2.75, 3.05) is 13.1 Å². The zero-order valence-corrected chi connectivity index (χ0v) is 16.9. The molecule has 154 valence electrons. The van der Waals surface area contributed by atoms with Gasteiger partial charge in [0, 0.05) is 25.7 Å². The van der Waals surface area contributed by atoms with E-state index in [1.807, 2.05) is 30.3 Å². The van der Waals surface area contributed by atoms with Gasteiger partial charge in [0.1, 0.15) is 6.04 Å². The van der Waals surface area contributed by atoms with Gasteiger partial charge in [-0.2, -0.15) is 0 Å². The lowest BCUT2D eigenvalue weighted by molar-refractivity contribution is -0.123. The summed E-state index contributed by atoms with van der Waals surface area (Å²) in [7, 11) is 0. The molecule has 0 aliphatic carbocycles. The van der Waals surface area contributed by atoms with Crippen LogP contribution in [0.3, 0.4) is 0 Å². The second kappa shape index (κ2) is 11.3. The Morgan fingerprint density at radius 1 is 1.07 bits per heavy atom. The lowest BCUT2D eigenvalue weighted by Gasteiger charge is -2.32. The molecule has 1 amide bonds. The molecule has 0 saturated carbocycles. The van der Waals surface area contributed by atoms with Crippen LogP contribution in [0.2, 0.25) is 0 Å². The molecule has 1 fully saturated rings. The Bertz CT molecular complexity index is 756. The molecule has 1 aliphatic rings. The number of carbonyl (C=O) groups is 1.